The van der Waals surface area contributed by atoms with Crippen molar-refractivity contribution in [1.29, 1.82) is 0 Å². The zero-order valence-corrected chi connectivity index (χ0v) is 19.9. The summed E-state index contributed by atoms with van der Waals surface area (Å²) < 4.78 is 0. The first kappa shape index (κ1) is 22.4. The molecule has 0 aliphatic carbocycles. The predicted molar refractivity (Wildman–Crippen MR) is 128 cm³/mol. The topological polar surface area (TPSA) is 61.4 Å². The molecule has 0 spiro atoms. The molecule has 3 heterocycles. The highest BCUT2D eigenvalue weighted by molar-refractivity contribution is 7.99. The Morgan fingerprint density at radius 2 is 1.90 bits per heavy atom. The fraction of sp³-hybridized carbons (Fsp3) is 0.522. The lowest BCUT2D eigenvalue weighted by Gasteiger charge is -2.38. The Hall–Kier alpha value is -1.83. The van der Waals surface area contributed by atoms with E-state index in [1.54, 1.807) is 6.33 Å². The molecule has 0 bridgehead atoms. The van der Waals surface area contributed by atoms with Gasteiger partial charge >= 0.3 is 0 Å². The third kappa shape index (κ3) is 4.99. The molecule has 31 heavy (non-hydrogen) atoms. The average molecular weight is 460 g/mol. The first-order chi connectivity index (χ1) is 14.9. The Labute approximate surface area is 193 Å². The Morgan fingerprint density at radius 3 is 2.58 bits per heavy atom. The maximum Gasteiger partial charge on any atom is 0.231 e. The SMILES string of the molecule is CC(C)NC[C@@H](C(=O)N1CCN(c2ncnc3c2C(C)SC3)CC1)c1ccc(Cl)cc1. The molecular formula is C23H30ClN5OS. The number of carbonyl (C=O) groups is 1. The zero-order valence-electron chi connectivity index (χ0n) is 18.3. The van der Waals surface area contributed by atoms with E-state index >= 15 is 0 Å². The van der Waals surface area contributed by atoms with E-state index in [1.807, 2.05) is 40.9 Å². The summed E-state index contributed by atoms with van der Waals surface area (Å²) in [7, 11) is 0. The minimum Gasteiger partial charge on any atom is -0.353 e. The smallest absolute Gasteiger partial charge is 0.231 e. The van der Waals surface area contributed by atoms with Gasteiger partial charge in [-0.05, 0) is 24.6 Å². The fourth-order valence-corrected chi connectivity index (χ4v) is 5.42. The molecule has 0 saturated carbocycles. The molecule has 6 nitrogen and oxygen atoms in total. The van der Waals surface area contributed by atoms with Crippen molar-refractivity contribution in [2.24, 2.45) is 0 Å². The number of fused-ring (bicyclic) bond motifs is 1. The molecule has 8 heteroatoms. The number of hydrogen-bond acceptors (Lipinski definition) is 6. The number of aromatic nitrogens is 2. The molecule has 2 aliphatic rings. The highest BCUT2D eigenvalue weighted by Gasteiger charge is 2.32. The van der Waals surface area contributed by atoms with E-state index in [0.717, 1.165) is 35.9 Å². The second-order valence-corrected chi connectivity index (χ2v) is 10.3. The van der Waals surface area contributed by atoms with Gasteiger partial charge in [0.25, 0.3) is 0 Å². The lowest BCUT2D eigenvalue weighted by Crippen LogP contribution is -2.51. The molecule has 0 radical (unpaired) electrons. The predicted octanol–water partition coefficient (Wildman–Crippen LogP) is 3.87. The quantitative estimate of drug-likeness (QED) is 0.707. The molecular weight excluding hydrogens is 430 g/mol. The van der Waals surface area contributed by atoms with Gasteiger partial charge in [0.1, 0.15) is 12.1 Å². The van der Waals surface area contributed by atoms with Crippen LogP contribution in [0.5, 0.6) is 0 Å². The minimum atomic E-state index is -0.217. The van der Waals surface area contributed by atoms with Gasteiger partial charge in [-0.1, -0.05) is 37.6 Å². The average Bonchev–Trinajstić information content (AvgIpc) is 3.16. The zero-order chi connectivity index (χ0) is 22.0. The lowest BCUT2D eigenvalue weighted by molar-refractivity contribution is -0.133. The summed E-state index contributed by atoms with van der Waals surface area (Å²) in [5, 5.41) is 4.54. The maximum absolute atomic E-state index is 13.5. The number of halogens is 1. The van der Waals surface area contributed by atoms with E-state index in [2.05, 4.69) is 41.0 Å². The van der Waals surface area contributed by atoms with Crippen LogP contribution in [0.2, 0.25) is 5.02 Å². The summed E-state index contributed by atoms with van der Waals surface area (Å²) >= 11 is 7.98. The molecule has 2 aromatic rings. The van der Waals surface area contributed by atoms with Gasteiger partial charge in [0.15, 0.2) is 0 Å². The second-order valence-electron chi connectivity index (χ2n) is 8.49. The van der Waals surface area contributed by atoms with Crippen LogP contribution >= 0.6 is 23.4 Å². The van der Waals surface area contributed by atoms with E-state index < -0.39 is 0 Å². The van der Waals surface area contributed by atoms with Crippen LogP contribution in [0.4, 0.5) is 5.82 Å². The first-order valence-electron chi connectivity index (χ1n) is 10.9. The number of anilines is 1. The Balaban J connectivity index is 1.46. The second kappa shape index (κ2) is 9.76. The van der Waals surface area contributed by atoms with Gasteiger partial charge in [-0.15, -0.1) is 11.8 Å². The Morgan fingerprint density at radius 1 is 1.19 bits per heavy atom. The van der Waals surface area contributed by atoms with Crippen molar-refractivity contribution >= 4 is 35.1 Å². The number of nitrogens with zero attached hydrogens (tertiary/aromatic N) is 4. The Kier molecular flexibility index (Phi) is 7.04. The number of piperazine rings is 1. The molecule has 4 rings (SSSR count). The van der Waals surface area contributed by atoms with Gasteiger partial charge in [-0.2, -0.15) is 0 Å². The van der Waals surface area contributed by atoms with Crippen LogP contribution in [0.15, 0.2) is 30.6 Å². The molecule has 1 aromatic heterocycles. The standard InChI is InChI=1S/C23H30ClN5OS/c1-15(2)25-12-19(17-4-6-18(24)7-5-17)23(30)29-10-8-28(9-11-29)22-21-16(3)31-13-20(21)26-14-27-22/h4-7,14-16,19,25H,8-13H2,1-3H3/t16?,19-/m1/s1. The van der Waals surface area contributed by atoms with E-state index in [0.29, 0.717) is 35.9 Å². The lowest BCUT2D eigenvalue weighted by atomic mass is 9.96. The molecule has 166 valence electrons. The van der Waals surface area contributed by atoms with Crippen LogP contribution in [0, 0.1) is 0 Å². The minimum absolute atomic E-state index is 0.173. The highest BCUT2D eigenvalue weighted by atomic mass is 35.5. The van der Waals surface area contributed by atoms with Crippen molar-refractivity contribution in [3.63, 3.8) is 0 Å². The number of nitrogens with one attached hydrogen (secondary N) is 1. The molecule has 1 saturated heterocycles. The molecule has 2 atom stereocenters. The van der Waals surface area contributed by atoms with E-state index in [9.17, 15) is 4.79 Å². The number of carbonyl (C=O) groups excluding carboxylic acids is 1. The normalized spacial score (nSPS) is 19.6. The van der Waals surface area contributed by atoms with Crippen LogP contribution in [-0.2, 0) is 10.5 Å². The van der Waals surface area contributed by atoms with Crippen molar-refractivity contribution in [2.75, 3.05) is 37.6 Å². The van der Waals surface area contributed by atoms with Gasteiger partial charge in [-0.25, -0.2) is 9.97 Å². The number of thioether (sulfide) groups is 1. The molecule has 1 unspecified atom stereocenters. The maximum atomic E-state index is 13.5. The van der Waals surface area contributed by atoms with Gasteiger partial charge in [-0.3, -0.25) is 4.79 Å². The summed E-state index contributed by atoms with van der Waals surface area (Å²) in [6.45, 7) is 10.0. The highest BCUT2D eigenvalue weighted by Crippen LogP contribution is 2.44. The van der Waals surface area contributed by atoms with Gasteiger partial charge in [0.2, 0.25) is 5.91 Å². The van der Waals surface area contributed by atoms with E-state index in [4.69, 9.17) is 11.6 Å². The van der Waals surface area contributed by atoms with Crippen LogP contribution in [0.3, 0.4) is 0 Å². The summed E-state index contributed by atoms with van der Waals surface area (Å²) in [6.07, 6.45) is 1.68. The summed E-state index contributed by atoms with van der Waals surface area (Å²) in [5.74, 6) is 1.96. The number of benzene rings is 1. The first-order valence-corrected chi connectivity index (χ1v) is 12.3. The largest absolute Gasteiger partial charge is 0.353 e. The number of hydrogen-bond donors (Lipinski definition) is 1. The van der Waals surface area contributed by atoms with Crippen LogP contribution < -0.4 is 10.2 Å². The molecule has 1 amide bonds. The van der Waals surface area contributed by atoms with Gasteiger partial charge in [0.05, 0.1) is 11.6 Å². The van der Waals surface area contributed by atoms with Crippen molar-refractivity contribution < 1.29 is 4.79 Å². The molecule has 2 aliphatic heterocycles. The van der Waals surface area contributed by atoms with Crippen molar-refractivity contribution in [1.82, 2.24) is 20.2 Å². The van der Waals surface area contributed by atoms with Crippen molar-refractivity contribution in [2.45, 2.75) is 43.7 Å². The van der Waals surface area contributed by atoms with Crippen LogP contribution in [0.25, 0.3) is 0 Å². The third-order valence-electron chi connectivity index (χ3n) is 6.01. The monoisotopic (exact) mass is 459 g/mol. The Bertz CT molecular complexity index is 915. The van der Waals surface area contributed by atoms with E-state index in [-0.39, 0.29) is 11.8 Å². The molecule has 1 fully saturated rings. The van der Waals surface area contributed by atoms with Crippen molar-refractivity contribution in [3.8, 4) is 0 Å². The van der Waals surface area contributed by atoms with Gasteiger partial charge in [0, 0.05) is 60.4 Å². The van der Waals surface area contributed by atoms with E-state index in [1.165, 1.54) is 5.56 Å². The summed E-state index contributed by atoms with van der Waals surface area (Å²) in [5.41, 5.74) is 3.43. The number of rotatable bonds is 6. The van der Waals surface area contributed by atoms with Crippen LogP contribution in [0.1, 0.15) is 48.8 Å². The van der Waals surface area contributed by atoms with Crippen molar-refractivity contribution in [3.05, 3.63) is 52.4 Å². The molecule has 1 N–H and O–H groups in total. The summed E-state index contributed by atoms with van der Waals surface area (Å²) in [4.78, 5) is 26.9. The van der Waals surface area contributed by atoms with Gasteiger partial charge < -0.3 is 15.1 Å². The summed E-state index contributed by atoms with van der Waals surface area (Å²) in [6, 6.07) is 7.97. The number of amides is 1. The third-order valence-corrected chi connectivity index (χ3v) is 7.44. The van der Waals surface area contributed by atoms with Crippen LogP contribution in [-0.4, -0.2) is 59.5 Å². The molecule has 1 aromatic carbocycles. The fourth-order valence-electron chi connectivity index (χ4n) is 4.25.